The lowest BCUT2D eigenvalue weighted by atomic mass is 10.0. The van der Waals surface area contributed by atoms with Gasteiger partial charge < -0.3 is 20.7 Å². The highest BCUT2D eigenvalue weighted by Crippen LogP contribution is 2.38. The summed E-state index contributed by atoms with van der Waals surface area (Å²) >= 11 is 0. The summed E-state index contributed by atoms with van der Waals surface area (Å²) in [5.74, 6) is -0.586. The van der Waals surface area contributed by atoms with Gasteiger partial charge in [0.1, 0.15) is 0 Å². The van der Waals surface area contributed by atoms with Crippen LogP contribution < -0.4 is 11.1 Å². The molecule has 32 heavy (non-hydrogen) atoms. The highest BCUT2D eigenvalue weighted by Gasteiger charge is 2.36. The van der Waals surface area contributed by atoms with Gasteiger partial charge in [0.25, 0.3) is 5.91 Å². The Kier molecular flexibility index (Phi) is 6.59. The Labute approximate surface area is 184 Å². The van der Waals surface area contributed by atoms with Gasteiger partial charge in [0, 0.05) is 63.4 Å². The number of benzene rings is 1. The van der Waals surface area contributed by atoms with Crippen molar-refractivity contribution in [1.29, 1.82) is 0 Å². The molecule has 2 aliphatic rings. The lowest BCUT2D eigenvalue weighted by Gasteiger charge is -2.34. The van der Waals surface area contributed by atoms with Crippen molar-refractivity contribution in [3.8, 4) is 0 Å². The van der Waals surface area contributed by atoms with Crippen LogP contribution in [0.1, 0.15) is 28.9 Å². The van der Waals surface area contributed by atoms with Gasteiger partial charge in [-0.05, 0) is 25.0 Å². The van der Waals surface area contributed by atoms with Crippen molar-refractivity contribution >= 4 is 22.5 Å². The molecule has 0 bridgehead atoms. The Morgan fingerprint density at radius 2 is 1.78 bits per heavy atom. The molecule has 0 spiro atoms. The number of carbonyl (C=O) groups is 1. The van der Waals surface area contributed by atoms with Crippen molar-refractivity contribution in [3.05, 3.63) is 23.4 Å². The summed E-state index contributed by atoms with van der Waals surface area (Å²) in [5, 5.41) is 6.77. The molecule has 1 aromatic heterocycles. The molecule has 0 saturated carbocycles. The number of nitrogens with two attached hydrogens (primary N) is 1. The standard InChI is InChI=1S/C21H29F3N6O2/c1-28-17-13-14(25)12-16(21(22,23)24)18(17)19(27-28)20(31)26-15-2-4-29(5-3-15)6-7-30-8-10-32-11-9-30/h12-13,15H,2-11,25H2,1H3,(H,26,31). The molecule has 0 atom stereocenters. The lowest BCUT2D eigenvalue weighted by Crippen LogP contribution is -2.47. The molecular formula is C21H29F3N6O2. The molecule has 4 rings (SSSR count). The minimum Gasteiger partial charge on any atom is -0.399 e. The van der Waals surface area contributed by atoms with E-state index in [2.05, 4.69) is 20.2 Å². The van der Waals surface area contributed by atoms with Crippen LogP contribution in [0.25, 0.3) is 10.9 Å². The molecule has 2 aromatic rings. The number of aromatic nitrogens is 2. The highest BCUT2D eigenvalue weighted by molar-refractivity contribution is 6.07. The number of amides is 1. The van der Waals surface area contributed by atoms with E-state index in [9.17, 15) is 18.0 Å². The number of halogens is 3. The number of rotatable bonds is 5. The van der Waals surface area contributed by atoms with Gasteiger partial charge in [0.05, 0.1) is 24.3 Å². The zero-order chi connectivity index (χ0) is 22.9. The molecule has 11 heteroatoms. The van der Waals surface area contributed by atoms with Crippen LogP contribution in [0.3, 0.4) is 0 Å². The molecule has 0 aliphatic carbocycles. The Bertz CT molecular complexity index is 963. The average molecular weight is 454 g/mol. The van der Waals surface area contributed by atoms with E-state index < -0.39 is 17.6 Å². The van der Waals surface area contributed by atoms with Crippen LogP contribution in [0.5, 0.6) is 0 Å². The number of piperidine rings is 1. The number of nitrogens with zero attached hydrogens (tertiary/aromatic N) is 4. The fourth-order valence-corrected chi connectivity index (χ4v) is 4.45. The number of carbonyl (C=O) groups excluding carboxylic acids is 1. The fourth-order valence-electron chi connectivity index (χ4n) is 4.45. The van der Waals surface area contributed by atoms with E-state index in [1.807, 2.05) is 0 Å². The summed E-state index contributed by atoms with van der Waals surface area (Å²) in [6.45, 7) is 7.08. The molecule has 1 aromatic carbocycles. The number of nitrogen functional groups attached to an aromatic ring is 1. The first-order valence-corrected chi connectivity index (χ1v) is 10.9. The number of ether oxygens (including phenoxy) is 1. The highest BCUT2D eigenvalue weighted by atomic mass is 19.4. The summed E-state index contributed by atoms with van der Waals surface area (Å²) in [5.41, 5.74) is 4.65. The monoisotopic (exact) mass is 454 g/mol. The number of nitrogens with one attached hydrogen (secondary N) is 1. The first-order chi connectivity index (χ1) is 15.2. The van der Waals surface area contributed by atoms with Crippen LogP contribution in [0.15, 0.2) is 12.1 Å². The Morgan fingerprint density at radius 3 is 2.41 bits per heavy atom. The quantitative estimate of drug-likeness (QED) is 0.669. The van der Waals surface area contributed by atoms with Gasteiger partial charge in [-0.25, -0.2) is 0 Å². The van der Waals surface area contributed by atoms with Crippen molar-refractivity contribution in [2.75, 3.05) is 58.2 Å². The summed E-state index contributed by atoms with van der Waals surface area (Å²) in [4.78, 5) is 17.6. The van der Waals surface area contributed by atoms with E-state index in [4.69, 9.17) is 10.5 Å². The molecule has 1 amide bonds. The summed E-state index contributed by atoms with van der Waals surface area (Å²) in [7, 11) is 1.51. The van der Waals surface area contributed by atoms with E-state index in [1.165, 1.54) is 17.8 Å². The van der Waals surface area contributed by atoms with E-state index in [1.54, 1.807) is 0 Å². The van der Waals surface area contributed by atoms with Crippen LogP contribution in [-0.4, -0.2) is 84.0 Å². The predicted molar refractivity (Wildman–Crippen MR) is 114 cm³/mol. The van der Waals surface area contributed by atoms with Crippen molar-refractivity contribution < 1.29 is 22.7 Å². The Morgan fingerprint density at radius 1 is 1.16 bits per heavy atom. The van der Waals surface area contributed by atoms with Crippen LogP contribution >= 0.6 is 0 Å². The number of hydrogen-bond acceptors (Lipinski definition) is 6. The zero-order valence-corrected chi connectivity index (χ0v) is 18.1. The Balaban J connectivity index is 1.39. The maximum Gasteiger partial charge on any atom is 0.417 e. The van der Waals surface area contributed by atoms with Gasteiger partial charge in [-0.2, -0.15) is 18.3 Å². The third-order valence-corrected chi connectivity index (χ3v) is 6.25. The predicted octanol–water partition coefficient (Wildman–Crippen LogP) is 1.70. The largest absolute Gasteiger partial charge is 0.417 e. The van der Waals surface area contributed by atoms with Gasteiger partial charge >= 0.3 is 6.18 Å². The van der Waals surface area contributed by atoms with E-state index in [0.29, 0.717) is 0 Å². The molecule has 8 nitrogen and oxygen atoms in total. The number of alkyl halides is 3. The first kappa shape index (κ1) is 22.8. The average Bonchev–Trinajstić information content (AvgIpc) is 3.09. The van der Waals surface area contributed by atoms with Gasteiger partial charge in [0.2, 0.25) is 0 Å². The van der Waals surface area contributed by atoms with Crippen LogP contribution in [-0.2, 0) is 18.0 Å². The molecule has 2 aliphatic heterocycles. The van der Waals surface area contributed by atoms with Crippen molar-refractivity contribution in [1.82, 2.24) is 24.9 Å². The number of hydrogen-bond donors (Lipinski definition) is 2. The van der Waals surface area contributed by atoms with E-state index in [-0.39, 0.29) is 28.3 Å². The van der Waals surface area contributed by atoms with Crippen LogP contribution in [0.4, 0.5) is 18.9 Å². The van der Waals surface area contributed by atoms with Crippen molar-refractivity contribution in [2.45, 2.75) is 25.1 Å². The third kappa shape index (κ3) is 5.00. The fraction of sp³-hybridized carbons (Fsp3) is 0.619. The maximum atomic E-state index is 13.6. The topological polar surface area (TPSA) is 88.7 Å². The second-order valence-electron chi connectivity index (χ2n) is 8.48. The number of anilines is 1. The molecular weight excluding hydrogens is 425 g/mol. The summed E-state index contributed by atoms with van der Waals surface area (Å²) < 4.78 is 47.5. The number of fused-ring (bicyclic) bond motifs is 1. The minimum atomic E-state index is -4.64. The molecule has 3 N–H and O–H groups in total. The van der Waals surface area contributed by atoms with Crippen molar-refractivity contribution in [2.24, 2.45) is 7.05 Å². The lowest BCUT2D eigenvalue weighted by molar-refractivity contribution is -0.136. The third-order valence-electron chi connectivity index (χ3n) is 6.25. The summed E-state index contributed by atoms with van der Waals surface area (Å²) in [6, 6.07) is 2.16. The van der Waals surface area contributed by atoms with E-state index >= 15 is 0 Å². The number of aryl methyl sites for hydroxylation is 1. The van der Waals surface area contributed by atoms with Crippen molar-refractivity contribution in [3.63, 3.8) is 0 Å². The molecule has 176 valence electrons. The molecule has 0 radical (unpaired) electrons. The first-order valence-electron chi connectivity index (χ1n) is 10.9. The smallest absolute Gasteiger partial charge is 0.399 e. The van der Waals surface area contributed by atoms with E-state index in [0.717, 1.165) is 71.4 Å². The zero-order valence-electron chi connectivity index (χ0n) is 18.1. The number of likely N-dealkylation sites (tertiary alicyclic amines) is 1. The molecule has 3 heterocycles. The molecule has 2 fully saturated rings. The second-order valence-corrected chi connectivity index (χ2v) is 8.48. The van der Waals surface area contributed by atoms with Crippen LogP contribution in [0, 0.1) is 0 Å². The SMILES string of the molecule is Cn1nc(C(=O)NC2CCN(CCN3CCOCC3)CC2)c2c(C(F)(F)F)cc(N)cc21. The minimum absolute atomic E-state index is 0.0239. The van der Waals surface area contributed by atoms with Gasteiger partial charge in [-0.3, -0.25) is 14.4 Å². The normalized spacial score (nSPS) is 19.5. The Hall–Kier alpha value is -2.37. The van der Waals surface area contributed by atoms with Crippen LogP contribution in [0.2, 0.25) is 0 Å². The summed E-state index contributed by atoms with van der Waals surface area (Å²) in [6.07, 6.45) is -3.14. The van der Waals surface area contributed by atoms with Gasteiger partial charge in [0.15, 0.2) is 5.69 Å². The van der Waals surface area contributed by atoms with Gasteiger partial charge in [-0.15, -0.1) is 0 Å². The molecule has 2 saturated heterocycles. The maximum absolute atomic E-state index is 13.6. The number of morpholine rings is 1. The second kappa shape index (κ2) is 9.24. The van der Waals surface area contributed by atoms with Gasteiger partial charge in [-0.1, -0.05) is 0 Å². The molecule has 0 unspecified atom stereocenters.